The van der Waals surface area contributed by atoms with Crippen molar-refractivity contribution >= 4 is 5.97 Å². The van der Waals surface area contributed by atoms with Crippen LogP contribution in [0.4, 0.5) is 0 Å². The summed E-state index contributed by atoms with van der Waals surface area (Å²) in [6.07, 6.45) is 6.54. The third-order valence-corrected chi connectivity index (χ3v) is 3.43. The summed E-state index contributed by atoms with van der Waals surface area (Å²) in [5, 5.41) is 12.1. The molecule has 3 heteroatoms. The molecule has 0 aromatic heterocycles. The molecule has 0 radical (unpaired) electrons. The number of carboxylic acid groups (broad SMARTS) is 1. The number of hydrogen-bond acceptors (Lipinski definition) is 2. The fourth-order valence-corrected chi connectivity index (χ4v) is 2.46. The first-order chi connectivity index (χ1) is 7.11. The lowest BCUT2D eigenvalue weighted by Gasteiger charge is -2.30. The van der Waals surface area contributed by atoms with Gasteiger partial charge in [-0.05, 0) is 38.5 Å². The van der Waals surface area contributed by atoms with Crippen molar-refractivity contribution in [3.05, 3.63) is 0 Å². The van der Waals surface area contributed by atoms with Crippen molar-refractivity contribution in [3.8, 4) is 0 Å². The zero-order valence-corrected chi connectivity index (χ0v) is 9.83. The van der Waals surface area contributed by atoms with E-state index in [2.05, 4.69) is 12.2 Å². The van der Waals surface area contributed by atoms with Gasteiger partial charge in [0.1, 0.15) is 0 Å². The van der Waals surface area contributed by atoms with E-state index in [1.54, 1.807) is 0 Å². The molecular formula is C12H23NO2. The Morgan fingerprint density at radius 3 is 2.47 bits per heavy atom. The normalized spacial score (nSPS) is 28.7. The molecule has 0 spiro atoms. The molecule has 1 saturated carbocycles. The molecule has 0 heterocycles. The van der Waals surface area contributed by atoms with Crippen molar-refractivity contribution in [3.63, 3.8) is 0 Å². The lowest BCUT2D eigenvalue weighted by molar-refractivity contribution is -0.137. The minimum atomic E-state index is -0.711. The summed E-state index contributed by atoms with van der Waals surface area (Å²) in [5.41, 5.74) is 0. The first-order valence-corrected chi connectivity index (χ1v) is 6.09. The second kappa shape index (κ2) is 6.11. The lowest BCUT2D eigenvalue weighted by atomic mass is 9.84. The Labute approximate surface area is 92.3 Å². The zero-order chi connectivity index (χ0) is 11.3. The molecule has 3 nitrogen and oxygen atoms in total. The number of nitrogens with one attached hydrogen (secondary N) is 1. The molecular weight excluding hydrogens is 190 g/mol. The van der Waals surface area contributed by atoms with Gasteiger partial charge in [-0.15, -0.1) is 0 Å². The largest absolute Gasteiger partial charge is 0.481 e. The molecule has 88 valence electrons. The summed E-state index contributed by atoms with van der Waals surface area (Å²) >= 11 is 0. The molecule has 0 aromatic rings. The predicted octanol–water partition coefficient (Wildman–Crippen LogP) is 2.41. The highest BCUT2D eigenvalue weighted by atomic mass is 16.4. The topological polar surface area (TPSA) is 49.3 Å². The van der Waals surface area contributed by atoms with Gasteiger partial charge < -0.3 is 10.4 Å². The highest BCUT2D eigenvalue weighted by molar-refractivity contribution is 5.67. The molecule has 1 fully saturated rings. The molecule has 0 bridgehead atoms. The monoisotopic (exact) mass is 213 g/mol. The molecule has 1 unspecified atom stereocenters. The van der Waals surface area contributed by atoms with E-state index in [4.69, 9.17) is 5.11 Å². The van der Waals surface area contributed by atoms with Crippen molar-refractivity contribution in [2.75, 3.05) is 0 Å². The molecule has 15 heavy (non-hydrogen) atoms. The number of carboxylic acids is 1. The predicted molar refractivity (Wildman–Crippen MR) is 60.9 cm³/mol. The number of hydrogen-bond donors (Lipinski definition) is 2. The van der Waals surface area contributed by atoms with Gasteiger partial charge in [0.2, 0.25) is 0 Å². The van der Waals surface area contributed by atoms with Gasteiger partial charge in [0.25, 0.3) is 0 Å². The van der Waals surface area contributed by atoms with Crippen LogP contribution in [0.15, 0.2) is 0 Å². The molecule has 1 atom stereocenters. The third-order valence-electron chi connectivity index (χ3n) is 3.43. The lowest BCUT2D eigenvalue weighted by Crippen LogP contribution is -2.40. The van der Waals surface area contributed by atoms with Crippen LogP contribution in [-0.4, -0.2) is 23.2 Å². The van der Waals surface area contributed by atoms with Crippen molar-refractivity contribution in [1.82, 2.24) is 5.32 Å². The number of aliphatic carboxylic acids is 1. The standard InChI is InChI=1S/C12H23NO2/c1-3-10-4-6-11(7-5-10)13-9(2)8-12(14)15/h9-11,13H,3-8H2,1-2H3,(H,14,15). The van der Waals surface area contributed by atoms with Gasteiger partial charge in [-0.2, -0.15) is 0 Å². The third kappa shape index (κ3) is 4.65. The second-order valence-corrected chi connectivity index (χ2v) is 4.79. The fourth-order valence-electron chi connectivity index (χ4n) is 2.46. The van der Waals surface area contributed by atoms with Crippen LogP contribution in [0.1, 0.15) is 52.4 Å². The van der Waals surface area contributed by atoms with Gasteiger partial charge in [-0.25, -0.2) is 0 Å². The molecule has 2 N–H and O–H groups in total. The average Bonchev–Trinajstić information content (AvgIpc) is 2.17. The molecule has 0 aromatic carbocycles. The van der Waals surface area contributed by atoms with E-state index in [0.717, 1.165) is 5.92 Å². The van der Waals surface area contributed by atoms with Crippen LogP contribution in [-0.2, 0) is 4.79 Å². The summed E-state index contributed by atoms with van der Waals surface area (Å²) in [6, 6.07) is 0.646. The van der Waals surface area contributed by atoms with Gasteiger partial charge in [-0.1, -0.05) is 13.3 Å². The van der Waals surface area contributed by atoms with Gasteiger partial charge in [-0.3, -0.25) is 4.79 Å². The Hall–Kier alpha value is -0.570. The van der Waals surface area contributed by atoms with E-state index in [-0.39, 0.29) is 12.5 Å². The van der Waals surface area contributed by atoms with Crippen molar-refractivity contribution < 1.29 is 9.90 Å². The van der Waals surface area contributed by atoms with E-state index in [9.17, 15) is 4.79 Å². The highest BCUT2D eigenvalue weighted by Crippen LogP contribution is 2.26. The van der Waals surface area contributed by atoms with Crippen molar-refractivity contribution in [1.29, 1.82) is 0 Å². The minimum absolute atomic E-state index is 0.102. The van der Waals surface area contributed by atoms with Crippen LogP contribution in [0, 0.1) is 5.92 Å². The smallest absolute Gasteiger partial charge is 0.304 e. The van der Waals surface area contributed by atoms with Crippen molar-refractivity contribution in [2.45, 2.75) is 64.5 Å². The molecule has 0 aliphatic heterocycles. The Balaban J connectivity index is 2.20. The summed E-state index contributed by atoms with van der Waals surface area (Å²) in [5.74, 6) is 0.190. The molecule has 1 rings (SSSR count). The Kier molecular flexibility index (Phi) is 5.09. The zero-order valence-electron chi connectivity index (χ0n) is 9.83. The van der Waals surface area contributed by atoms with Crippen molar-refractivity contribution in [2.24, 2.45) is 5.92 Å². The maximum atomic E-state index is 10.5. The van der Waals surface area contributed by atoms with Gasteiger partial charge in [0, 0.05) is 12.1 Å². The quantitative estimate of drug-likeness (QED) is 0.737. The van der Waals surface area contributed by atoms with E-state index < -0.39 is 5.97 Å². The van der Waals surface area contributed by atoms with Gasteiger partial charge in [0.15, 0.2) is 0 Å². The van der Waals surface area contributed by atoms with E-state index >= 15 is 0 Å². The van der Waals surface area contributed by atoms with Crippen LogP contribution in [0.25, 0.3) is 0 Å². The first kappa shape index (κ1) is 12.5. The Morgan fingerprint density at radius 2 is 2.00 bits per heavy atom. The maximum absolute atomic E-state index is 10.5. The molecule has 0 amide bonds. The summed E-state index contributed by atoms with van der Waals surface area (Å²) in [4.78, 5) is 10.5. The molecule has 1 aliphatic carbocycles. The van der Waals surface area contributed by atoms with Crippen LogP contribution in [0.5, 0.6) is 0 Å². The number of rotatable bonds is 5. The summed E-state index contributed by atoms with van der Waals surface area (Å²) in [6.45, 7) is 4.21. The van der Waals surface area contributed by atoms with Gasteiger partial charge >= 0.3 is 5.97 Å². The van der Waals surface area contributed by atoms with Crippen LogP contribution >= 0.6 is 0 Å². The minimum Gasteiger partial charge on any atom is -0.481 e. The highest BCUT2D eigenvalue weighted by Gasteiger charge is 2.21. The van der Waals surface area contributed by atoms with Gasteiger partial charge in [0.05, 0.1) is 6.42 Å². The maximum Gasteiger partial charge on any atom is 0.304 e. The van der Waals surface area contributed by atoms with E-state index in [1.807, 2.05) is 6.92 Å². The summed E-state index contributed by atoms with van der Waals surface area (Å²) in [7, 11) is 0. The Bertz CT molecular complexity index is 198. The first-order valence-electron chi connectivity index (χ1n) is 6.09. The molecule has 1 aliphatic rings. The summed E-state index contributed by atoms with van der Waals surface area (Å²) < 4.78 is 0. The average molecular weight is 213 g/mol. The second-order valence-electron chi connectivity index (χ2n) is 4.79. The van der Waals surface area contributed by atoms with Crippen LogP contribution < -0.4 is 5.32 Å². The van der Waals surface area contributed by atoms with Crippen LogP contribution in [0.2, 0.25) is 0 Å². The SMILES string of the molecule is CCC1CCC(NC(C)CC(=O)O)CC1. The van der Waals surface area contributed by atoms with E-state index in [1.165, 1.54) is 32.1 Å². The fraction of sp³-hybridized carbons (Fsp3) is 0.917. The van der Waals surface area contributed by atoms with E-state index in [0.29, 0.717) is 6.04 Å². The van der Waals surface area contributed by atoms with Crippen LogP contribution in [0.3, 0.4) is 0 Å². The Morgan fingerprint density at radius 1 is 1.40 bits per heavy atom. The molecule has 0 saturated heterocycles. The number of carbonyl (C=O) groups is 1.